The summed E-state index contributed by atoms with van der Waals surface area (Å²) in [6.45, 7) is 3.66. The predicted molar refractivity (Wildman–Crippen MR) is 114 cm³/mol. The number of amides is 1. The Balaban J connectivity index is 1.85. The average Bonchev–Trinajstić information content (AvgIpc) is 2.97. The molecule has 5 nitrogen and oxygen atoms in total. The highest BCUT2D eigenvalue weighted by molar-refractivity contribution is 6.01. The van der Waals surface area contributed by atoms with Crippen LogP contribution in [0.1, 0.15) is 53.9 Å². The second kappa shape index (κ2) is 8.03. The van der Waals surface area contributed by atoms with Gasteiger partial charge in [0.1, 0.15) is 5.82 Å². The van der Waals surface area contributed by atoms with Crippen LogP contribution < -0.4 is 5.32 Å². The number of Topliss-reactive ketones (excluding diaryl/α,β-unsaturated/α-hetero) is 1. The molecular weight excluding hydrogens is 362 g/mol. The molecule has 29 heavy (non-hydrogen) atoms. The Bertz CT molecular complexity index is 1050. The van der Waals surface area contributed by atoms with E-state index in [4.69, 9.17) is 0 Å². The first-order valence-electron chi connectivity index (χ1n) is 10.1. The van der Waals surface area contributed by atoms with Crippen LogP contribution in [0.2, 0.25) is 0 Å². The highest BCUT2D eigenvalue weighted by atomic mass is 16.1. The summed E-state index contributed by atoms with van der Waals surface area (Å²) in [6, 6.07) is 14.0. The molecule has 1 aliphatic rings. The minimum absolute atomic E-state index is 0.162. The largest absolute Gasteiger partial charge is 0.358 e. The molecule has 1 aliphatic carbocycles. The number of hydrogen-bond donors (Lipinski definition) is 2. The molecule has 2 aromatic heterocycles. The van der Waals surface area contributed by atoms with Gasteiger partial charge in [0, 0.05) is 42.8 Å². The number of nitrogens with zero attached hydrogens (tertiary/aromatic N) is 1. The number of hydrogen-bond acceptors (Lipinski definition) is 3. The van der Waals surface area contributed by atoms with E-state index in [9.17, 15) is 9.59 Å². The predicted octanol–water partition coefficient (Wildman–Crippen LogP) is 4.78. The first-order chi connectivity index (χ1) is 14.0. The highest BCUT2D eigenvalue weighted by Gasteiger charge is 2.27. The van der Waals surface area contributed by atoms with Gasteiger partial charge in [-0.3, -0.25) is 9.59 Å². The fourth-order valence-corrected chi connectivity index (χ4v) is 4.10. The first kappa shape index (κ1) is 19.1. The van der Waals surface area contributed by atoms with Gasteiger partial charge in [-0.25, -0.2) is 4.98 Å². The minimum atomic E-state index is -0.162. The van der Waals surface area contributed by atoms with E-state index in [1.165, 1.54) is 6.92 Å². The Labute approximate surface area is 170 Å². The molecule has 0 radical (unpaired) electrons. The minimum Gasteiger partial charge on any atom is -0.358 e. The van der Waals surface area contributed by atoms with Gasteiger partial charge >= 0.3 is 0 Å². The van der Waals surface area contributed by atoms with Crippen molar-refractivity contribution in [1.29, 1.82) is 0 Å². The van der Waals surface area contributed by atoms with Crippen LogP contribution in [-0.2, 0) is 17.6 Å². The van der Waals surface area contributed by atoms with Gasteiger partial charge in [-0.1, -0.05) is 37.3 Å². The molecule has 1 amide bonds. The van der Waals surface area contributed by atoms with Crippen molar-refractivity contribution >= 4 is 17.5 Å². The molecule has 148 valence electrons. The van der Waals surface area contributed by atoms with E-state index in [-0.39, 0.29) is 11.7 Å². The van der Waals surface area contributed by atoms with E-state index in [0.29, 0.717) is 24.6 Å². The molecule has 0 fully saturated rings. The molecule has 1 atom stereocenters. The number of carbonyl (C=O) groups is 2. The van der Waals surface area contributed by atoms with Gasteiger partial charge in [-0.15, -0.1) is 0 Å². The Morgan fingerprint density at radius 2 is 2.03 bits per heavy atom. The number of ketones is 1. The van der Waals surface area contributed by atoms with Crippen molar-refractivity contribution in [3.8, 4) is 11.3 Å². The molecule has 3 aromatic rings. The SMILES string of the molecule is CC(=O)Nc1cc(-c2[nH]c3c(c2Cc2ccccc2)C(=O)CCC(C)C3)ccn1. The summed E-state index contributed by atoms with van der Waals surface area (Å²) >= 11 is 0. The standard InChI is InChI=1S/C24H25N3O2/c1-15-8-9-21(29)23-19(13-17-6-4-3-5-7-17)24(27-20(23)12-15)18-10-11-25-22(14-18)26-16(2)28/h3-7,10-11,14-15,27H,8-9,12-13H2,1-2H3,(H,25,26,28). The zero-order valence-electron chi connectivity index (χ0n) is 16.8. The van der Waals surface area contributed by atoms with Gasteiger partial charge in [-0.2, -0.15) is 0 Å². The number of H-pyrrole nitrogens is 1. The summed E-state index contributed by atoms with van der Waals surface area (Å²) in [5.41, 5.74) is 5.94. The summed E-state index contributed by atoms with van der Waals surface area (Å²) in [7, 11) is 0. The van der Waals surface area contributed by atoms with Crippen LogP contribution in [0.5, 0.6) is 0 Å². The smallest absolute Gasteiger partial charge is 0.222 e. The molecule has 1 aromatic carbocycles. The molecule has 1 unspecified atom stereocenters. The third-order valence-corrected chi connectivity index (χ3v) is 5.45. The summed E-state index contributed by atoms with van der Waals surface area (Å²) in [5.74, 6) is 1.02. The second-order valence-electron chi connectivity index (χ2n) is 7.88. The Hall–Kier alpha value is -3.21. The van der Waals surface area contributed by atoms with Crippen LogP contribution in [0.25, 0.3) is 11.3 Å². The van der Waals surface area contributed by atoms with E-state index in [1.54, 1.807) is 6.20 Å². The zero-order valence-corrected chi connectivity index (χ0v) is 16.8. The average molecular weight is 387 g/mol. The lowest BCUT2D eigenvalue weighted by Crippen LogP contribution is -2.07. The second-order valence-corrected chi connectivity index (χ2v) is 7.88. The van der Waals surface area contributed by atoms with E-state index >= 15 is 0 Å². The maximum atomic E-state index is 13.0. The van der Waals surface area contributed by atoms with E-state index in [1.807, 2.05) is 30.3 Å². The number of aromatic amines is 1. The summed E-state index contributed by atoms with van der Waals surface area (Å²) in [5, 5.41) is 2.74. The number of rotatable bonds is 4. The lowest BCUT2D eigenvalue weighted by Gasteiger charge is -2.09. The normalized spacial score (nSPS) is 16.2. The van der Waals surface area contributed by atoms with Crippen LogP contribution in [0.15, 0.2) is 48.7 Å². The summed E-state index contributed by atoms with van der Waals surface area (Å²) < 4.78 is 0. The highest BCUT2D eigenvalue weighted by Crippen LogP contribution is 2.35. The summed E-state index contributed by atoms with van der Waals surface area (Å²) in [4.78, 5) is 32.3. The summed E-state index contributed by atoms with van der Waals surface area (Å²) in [6.07, 6.45) is 4.74. The zero-order chi connectivity index (χ0) is 20.4. The van der Waals surface area contributed by atoms with E-state index < -0.39 is 0 Å². The Morgan fingerprint density at radius 1 is 1.24 bits per heavy atom. The van der Waals surface area contributed by atoms with Crippen molar-refractivity contribution in [2.45, 2.75) is 39.5 Å². The topological polar surface area (TPSA) is 74.8 Å². The maximum Gasteiger partial charge on any atom is 0.222 e. The molecule has 0 saturated carbocycles. The van der Waals surface area contributed by atoms with Crippen LogP contribution in [0.4, 0.5) is 5.82 Å². The lowest BCUT2D eigenvalue weighted by molar-refractivity contribution is -0.114. The van der Waals surface area contributed by atoms with Crippen LogP contribution in [0.3, 0.4) is 0 Å². The molecule has 0 saturated heterocycles. The number of benzene rings is 1. The molecule has 0 aliphatic heterocycles. The molecule has 5 heteroatoms. The lowest BCUT2D eigenvalue weighted by atomic mass is 9.95. The third kappa shape index (κ3) is 4.14. The molecule has 0 spiro atoms. The van der Waals surface area contributed by atoms with Crippen molar-refractivity contribution in [1.82, 2.24) is 9.97 Å². The Kier molecular flexibility index (Phi) is 5.30. The molecular formula is C24H25N3O2. The van der Waals surface area contributed by atoms with Crippen molar-refractivity contribution in [2.75, 3.05) is 5.32 Å². The molecule has 2 heterocycles. The number of aromatic nitrogens is 2. The number of pyridine rings is 1. The van der Waals surface area contributed by atoms with Crippen LogP contribution in [0, 0.1) is 5.92 Å². The fraction of sp³-hybridized carbons (Fsp3) is 0.292. The number of carbonyl (C=O) groups excluding carboxylic acids is 2. The monoisotopic (exact) mass is 387 g/mol. The van der Waals surface area contributed by atoms with Crippen LogP contribution in [-0.4, -0.2) is 21.7 Å². The first-order valence-corrected chi connectivity index (χ1v) is 10.1. The number of anilines is 1. The van der Waals surface area contributed by atoms with Crippen molar-refractivity contribution in [3.05, 3.63) is 71.0 Å². The third-order valence-electron chi connectivity index (χ3n) is 5.45. The van der Waals surface area contributed by atoms with Crippen molar-refractivity contribution in [2.24, 2.45) is 5.92 Å². The maximum absolute atomic E-state index is 13.0. The van der Waals surface area contributed by atoms with Gasteiger partial charge in [0.25, 0.3) is 0 Å². The molecule has 2 N–H and O–H groups in total. The van der Waals surface area contributed by atoms with Crippen molar-refractivity contribution < 1.29 is 9.59 Å². The van der Waals surface area contributed by atoms with Crippen molar-refractivity contribution in [3.63, 3.8) is 0 Å². The van der Waals surface area contributed by atoms with E-state index in [0.717, 1.165) is 46.5 Å². The molecule has 4 rings (SSSR count). The van der Waals surface area contributed by atoms with Gasteiger partial charge in [0.2, 0.25) is 5.91 Å². The fourth-order valence-electron chi connectivity index (χ4n) is 4.10. The quantitative estimate of drug-likeness (QED) is 0.633. The van der Waals surface area contributed by atoms with Gasteiger partial charge in [0.05, 0.1) is 5.69 Å². The van der Waals surface area contributed by atoms with E-state index in [2.05, 4.69) is 34.3 Å². The van der Waals surface area contributed by atoms with Gasteiger partial charge in [0.15, 0.2) is 5.78 Å². The van der Waals surface area contributed by atoms with Crippen LogP contribution >= 0.6 is 0 Å². The number of fused-ring (bicyclic) bond motifs is 1. The molecule has 0 bridgehead atoms. The van der Waals surface area contributed by atoms with Gasteiger partial charge < -0.3 is 10.3 Å². The number of nitrogens with one attached hydrogen (secondary N) is 2. The van der Waals surface area contributed by atoms with Gasteiger partial charge in [-0.05, 0) is 42.0 Å². The Morgan fingerprint density at radius 3 is 2.79 bits per heavy atom.